The van der Waals surface area contributed by atoms with Crippen LogP contribution in [0.3, 0.4) is 0 Å². The summed E-state index contributed by atoms with van der Waals surface area (Å²) in [4.78, 5) is 0. The Morgan fingerprint density at radius 3 is 1.50 bits per heavy atom. The summed E-state index contributed by atoms with van der Waals surface area (Å²) < 4.78 is 0. The van der Waals surface area contributed by atoms with Gasteiger partial charge in [-0.25, -0.2) is 0 Å². The van der Waals surface area contributed by atoms with Crippen molar-refractivity contribution in [2.45, 2.75) is 13.8 Å². The minimum Gasteiger partial charge on any atom is -0.347 e. The number of nitrogens with two attached hydrogens (primary N) is 1. The third-order valence-electron chi connectivity index (χ3n) is 0.577. The molecule has 6 heavy (non-hydrogen) atoms. The standard InChI is InChI=1S/C4H11N.ClH/c1-3-5-4-2;/h5H,3-4H2,1-2H3;1H/p+1. The van der Waals surface area contributed by atoms with Gasteiger partial charge in [-0.15, -0.1) is 12.4 Å². The lowest BCUT2D eigenvalue weighted by molar-refractivity contribution is -0.648. The zero-order valence-electron chi connectivity index (χ0n) is 4.40. The summed E-state index contributed by atoms with van der Waals surface area (Å²) >= 11 is 0. The molecule has 0 aromatic heterocycles. The van der Waals surface area contributed by atoms with Crippen molar-refractivity contribution in [1.82, 2.24) is 0 Å². The first-order valence-electron chi connectivity index (χ1n) is 2.23. The molecule has 0 aromatic rings. The van der Waals surface area contributed by atoms with Crippen LogP contribution in [-0.2, 0) is 0 Å². The lowest BCUT2D eigenvalue weighted by Crippen LogP contribution is -2.82. The Balaban J connectivity index is 0. The van der Waals surface area contributed by atoms with Gasteiger partial charge in [-0.05, 0) is 13.8 Å². The Labute approximate surface area is 45.5 Å². The van der Waals surface area contributed by atoms with E-state index >= 15 is 0 Å². The maximum atomic E-state index is 2.25. The zero-order valence-corrected chi connectivity index (χ0v) is 5.22. The largest absolute Gasteiger partial charge is 0.347 e. The van der Waals surface area contributed by atoms with Gasteiger partial charge in [-0.3, -0.25) is 0 Å². The molecule has 0 saturated carbocycles. The first-order chi connectivity index (χ1) is 2.41. The van der Waals surface area contributed by atoms with Crippen LogP contribution in [0, 0.1) is 0 Å². The number of hydrogen-bond acceptors (Lipinski definition) is 0. The van der Waals surface area contributed by atoms with Crippen LogP contribution >= 0.6 is 12.4 Å². The lowest BCUT2D eigenvalue weighted by Gasteiger charge is -1.83. The molecule has 2 N–H and O–H groups in total. The summed E-state index contributed by atoms with van der Waals surface area (Å²) in [6.45, 7) is 6.75. The summed E-state index contributed by atoms with van der Waals surface area (Å²) in [5.74, 6) is 0. The molecule has 2 heteroatoms. The van der Waals surface area contributed by atoms with Gasteiger partial charge in [-0.2, -0.15) is 0 Å². The van der Waals surface area contributed by atoms with Gasteiger partial charge < -0.3 is 5.32 Å². The minimum absolute atomic E-state index is 0. The number of quaternary nitrogens is 1. The SMILES string of the molecule is CC[NH2+]CC.Cl. The summed E-state index contributed by atoms with van der Waals surface area (Å²) in [7, 11) is 0. The van der Waals surface area contributed by atoms with Gasteiger partial charge in [0.1, 0.15) is 0 Å². The Bertz CT molecular complexity index is 15.0. The maximum absolute atomic E-state index is 2.25. The van der Waals surface area contributed by atoms with Gasteiger partial charge in [0.15, 0.2) is 0 Å². The molecule has 0 spiro atoms. The van der Waals surface area contributed by atoms with Crippen molar-refractivity contribution >= 4 is 12.4 Å². The molecule has 0 aromatic carbocycles. The van der Waals surface area contributed by atoms with Gasteiger partial charge >= 0.3 is 0 Å². The fraction of sp³-hybridized carbons (Fsp3) is 1.00. The van der Waals surface area contributed by atoms with E-state index in [1.807, 2.05) is 0 Å². The van der Waals surface area contributed by atoms with Crippen LogP contribution in [0.5, 0.6) is 0 Å². The monoisotopic (exact) mass is 110 g/mol. The van der Waals surface area contributed by atoms with Gasteiger partial charge in [0.2, 0.25) is 0 Å². The van der Waals surface area contributed by atoms with Crippen LogP contribution in [0.4, 0.5) is 0 Å². The molecule has 0 amide bonds. The fourth-order valence-corrected chi connectivity index (χ4v) is 0.289. The Hall–Kier alpha value is 0.250. The molecular weight excluding hydrogens is 97.5 g/mol. The second-order valence-electron chi connectivity index (χ2n) is 1.11. The molecule has 0 aliphatic carbocycles. The van der Waals surface area contributed by atoms with Crippen LogP contribution in [0.1, 0.15) is 13.8 Å². The minimum atomic E-state index is 0. The second-order valence-corrected chi connectivity index (χ2v) is 1.11. The molecule has 0 aliphatic rings. The number of rotatable bonds is 2. The molecule has 0 radical (unpaired) electrons. The van der Waals surface area contributed by atoms with Crippen LogP contribution in [0.25, 0.3) is 0 Å². The molecule has 0 rings (SSSR count). The highest BCUT2D eigenvalue weighted by Crippen LogP contribution is 1.29. The lowest BCUT2D eigenvalue weighted by atomic mass is 10.7. The van der Waals surface area contributed by atoms with E-state index in [4.69, 9.17) is 0 Å². The van der Waals surface area contributed by atoms with Crippen molar-refractivity contribution in [1.29, 1.82) is 0 Å². The molecule has 0 aliphatic heterocycles. The van der Waals surface area contributed by atoms with Crippen molar-refractivity contribution in [3.63, 3.8) is 0 Å². The molecule has 1 nitrogen and oxygen atoms in total. The van der Waals surface area contributed by atoms with Gasteiger partial charge in [0.05, 0.1) is 13.1 Å². The molecule has 0 heterocycles. The maximum Gasteiger partial charge on any atom is 0.0726 e. The normalized spacial score (nSPS) is 7.00. The highest BCUT2D eigenvalue weighted by atomic mass is 35.5. The average Bonchev–Trinajstić information content (AvgIpc) is 1.41. The third kappa shape index (κ3) is 8.87. The first kappa shape index (κ1) is 9.54. The van der Waals surface area contributed by atoms with E-state index in [0.29, 0.717) is 0 Å². The topological polar surface area (TPSA) is 16.6 Å². The quantitative estimate of drug-likeness (QED) is 0.516. The van der Waals surface area contributed by atoms with E-state index in [9.17, 15) is 0 Å². The number of halogens is 1. The van der Waals surface area contributed by atoms with Crippen molar-refractivity contribution < 1.29 is 5.32 Å². The van der Waals surface area contributed by atoms with E-state index in [0.717, 1.165) is 0 Å². The van der Waals surface area contributed by atoms with E-state index in [-0.39, 0.29) is 12.4 Å². The Morgan fingerprint density at radius 1 is 1.17 bits per heavy atom. The van der Waals surface area contributed by atoms with E-state index in [2.05, 4.69) is 19.2 Å². The molecule has 40 valence electrons. The molecule has 0 fully saturated rings. The summed E-state index contributed by atoms with van der Waals surface area (Å²) in [6.07, 6.45) is 0. The van der Waals surface area contributed by atoms with Crippen LogP contribution in [-0.4, -0.2) is 13.1 Å². The zero-order chi connectivity index (χ0) is 4.12. The second kappa shape index (κ2) is 8.98. The van der Waals surface area contributed by atoms with Gasteiger partial charge in [0.25, 0.3) is 0 Å². The van der Waals surface area contributed by atoms with Gasteiger partial charge in [0, 0.05) is 0 Å². The highest BCUT2D eigenvalue weighted by molar-refractivity contribution is 5.85. The summed E-state index contributed by atoms with van der Waals surface area (Å²) in [6, 6.07) is 0. The van der Waals surface area contributed by atoms with Crippen molar-refractivity contribution in [2.24, 2.45) is 0 Å². The molecule has 0 unspecified atom stereocenters. The van der Waals surface area contributed by atoms with Gasteiger partial charge in [-0.1, -0.05) is 0 Å². The van der Waals surface area contributed by atoms with E-state index < -0.39 is 0 Å². The van der Waals surface area contributed by atoms with E-state index in [1.54, 1.807) is 0 Å². The average molecular weight is 111 g/mol. The van der Waals surface area contributed by atoms with Crippen LogP contribution in [0.15, 0.2) is 0 Å². The third-order valence-corrected chi connectivity index (χ3v) is 0.577. The van der Waals surface area contributed by atoms with E-state index in [1.165, 1.54) is 13.1 Å². The first-order valence-corrected chi connectivity index (χ1v) is 2.23. The van der Waals surface area contributed by atoms with Crippen LogP contribution in [0.2, 0.25) is 0 Å². The smallest absolute Gasteiger partial charge is 0.0726 e. The molecular formula is C4H13ClN+. The Kier molecular flexibility index (Phi) is 14.3. The predicted octanol–water partition coefficient (Wildman–Crippen LogP) is 0.0114. The highest BCUT2D eigenvalue weighted by Gasteiger charge is 1.67. The van der Waals surface area contributed by atoms with Crippen molar-refractivity contribution in [2.75, 3.05) is 13.1 Å². The van der Waals surface area contributed by atoms with Crippen molar-refractivity contribution in [3.8, 4) is 0 Å². The molecule has 0 saturated heterocycles. The summed E-state index contributed by atoms with van der Waals surface area (Å²) in [5, 5.41) is 2.25. The Morgan fingerprint density at radius 2 is 1.50 bits per heavy atom. The summed E-state index contributed by atoms with van der Waals surface area (Å²) in [5.41, 5.74) is 0. The predicted molar refractivity (Wildman–Crippen MR) is 30.3 cm³/mol. The number of hydrogen-bond donors (Lipinski definition) is 1. The molecule has 0 bridgehead atoms. The van der Waals surface area contributed by atoms with Crippen molar-refractivity contribution in [3.05, 3.63) is 0 Å². The molecule has 0 atom stereocenters. The van der Waals surface area contributed by atoms with Crippen LogP contribution < -0.4 is 5.32 Å². The fourth-order valence-electron chi connectivity index (χ4n) is 0.289.